The van der Waals surface area contributed by atoms with E-state index in [0.29, 0.717) is 18.8 Å². The molecule has 2 aliphatic heterocycles. The van der Waals surface area contributed by atoms with Gasteiger partial charge in [0.2, 0.25) is 21.8 Å². The van der Waals surface area contributed by atoms with Crippen LogP contribution in [0, 0.1) is 5.82 Å². The molecule has 4 rings (SSSR count). The Hall–Kier alpha value is -2.98. The van der Waals surface area contributed by atoms with Crippen LogP contribution in [0.3, 0.4) is 0 Å². The molecule has 0 bridgehead atoms. The molecule has 8 nitrogen and oxygen atoms in total. The largest absolute Gasteiger partial charge is 0.369 e. The summed E-state index contributed by atoms with van der Waals surface area (Å²) < 4.78 is 40.6. The highest BCUT2D eigenvalue weighted by Gasteiger charge is 2.30. The molecule has 1 saturated heterocycles. The van der Waals surface area contributed by atoms with Crippen molar-refractivity contribution in [3.8, 4) is 0 Å². The predicted molar refractivity (Wildman–Crippen MR) is 106 cm³/mol. The van der Waals surface area contributed by atoms with Crippen molar-refractivity contribution in [2.45, 2.75) is 11.3 Å². The minimum absolute atomic E-state index is 0.0444. The first-order chi connectivity index (χ1) is 13.8. The average Bonchev–Trinajstić information content (AvgIpc) is 2.84. The Kier molecular flexibility index (Phi) is 4.97. The topological polar surface area (TPSA) is 98.8 Å². The molecule has 2 heterocycles. The molecule has 0 spiro atoms. The summed E-state index contributed by atoms with van der Waals surface area (Å²) in [7, 11) is -3.77. The number of carbonyl (C=O) groups excluding carboxylic acids is 2. The van der Waals surface area contributed by atoms with Crippen LogP contribution in [0.1, 0.15) is 6.42 Å². The summed E-state index contributed by atoms with van der Waals surface area (Å²) in [5.41, 5.74) is 1.46. The summed E-state index contributed by atoms with van der Waals surface area (Å²) in [5.74, 6) is -1.26. The van der Waals surface area contributed by atoms with Crippen LogP contribution in [0.15, 0.2) is 47.4 Å². The molecule has 2 aliphatic rings. The summed E-state index contributed by atoms with van der Waals surface area (Å²) in [6.45, 7) is 1.50. The summed E-state index contributed by atoms with van der Waals surface area (Å²) in [5, 5.41) is 5.13. The Morgan fingerprint density at radius 1 is 0.828 bits per heavy atom. The first-order valence-electron chi connectivity index (χ1n) is 9.07. The smallest absolute Gasteiger partial charge is 0.243 e. The van der Waals surface area contributed by atoms with Gasteiger partial charge >= 0.3 is 0 Å². The Bertz CT molecular complexity index is 1060. The van der Waals surface area contributed by atoms with Gasteiger partial charge in [-0.05, 0) is 42.5 Å². The van der Waals surface area contributed by atoms with Crippen molar-refractivity contribution in [2.24, 2.45) is 0 Å². The van der Waals surface area contributed by atoms with Gasteiger partial charge in [0.05, 0.1) is 16.3 Å². The van der Waals surface area contributed by atoms with E-state index in [1.54, 1.807) is 12.1 Å². The first kappa shape index (κ1) is 19.3. The summed E-state index contributed by atoms with van der Waals surface area (Å²) in [6, 6.07) is 10.3. The molecule has 0 saturated carbocycles. The zero-order valence-electron chi connectivity index (χ0n) is 15.4. The number of nitrogens with one attached hydrogen (secondary N) is 2. The molecule has 0 aliphatic carbocycles. The van der Waals surface area contributed by atoms with E-state index >= 15 is 0 Å². The molecular formula is C19H19FN4O4S. The molecule has 1 fully saturated rings. The highest BCUT2D eigenvalue weighted by Crippen LogP contribution is 2.29. The number of rotatable bonds is 3. The highest BCUT2D eigenvalue weighted by atomic mass is 32.2. The van der Waals surface area contributed by atoms with E-state index in [4.69, 9.17) is 0 Å². The third-order valence-corrected chi connectivity index (χ3v) is 6.82. The van der Waals surface area contributed by atoms with Crippen LogP contribution < -0.4 is 15.5 Å². The maximum absolute atomic E-state index is 13.1. The summed E-state index contributed by atoms with van der Waals surface area (Å²) in [4.78, 5) is 25.4. The molecule has 0 atom stereocenters. The molecule has 152 valence electrons. The number of fused-ring (bicyclic) bond motifs is 1. The van der Waals surface area contributed by atoms with E-state index in [0.717, 1.165) is 5.69 Å². The number of anilines is 3. The van der Waals surface area contributed by atoms with Crippen LogP contribution in [-0.2, 0) is 19.6 Å². The van der Waals surface area contributed by atoms with E-state index in [2.05, 4.69) is 10.6 Å². The van der Waals surface area contributed by atoms with E-state index in [1.165, 1.54) is 34.6 Å². The minimum Gasteiger partial charge on any atom is -0.369 e. The van der Waals surface area contributed by atoms with Crippen molar-refractivity contribution in [1.82, 2.24) is 4.31 Å². The van der Waals surface area contributed by atoms with Gasteiger partial charge < -0.3 is 15.5 Å². The standard InChI is InChI=1S/C19H19FN4O4S/c20-13-1-3-14(4-2-13)23-7-9-24(10-8-23)29(27,28)15-5-6-16-17(11-15)22-19(26)12-18(25)21-16/h1-6,11H,7-10,12H2,(H,21,25)(H,22,26). The quantitative estimate of drug-likeness (QED) is 0.738. The zero-order chi connectivity index (χ0) is 20.6. The highest BCUT2D eigenvalue weighted by molar-refractivity contribution is 7.89. The number of nitrogens with zero attached hydrogens (tertiary/aromatic N) is 2. The van der Waals surface area contributed by atoms with Gasteiger partial charge in [0.15, 0.2) is 0 Å². The number of sulfonamides is 1. The number of carbonyl (C=O) groups is 2. The number of hydrogen-bond acceptors (Lipinski definition) is 5. The molecule has 0 aromatic heterocycles. The van der Waals surface area contributed by atoms with Gasteiger partial charge in [-0.1, -0.05) is 0 Å². The second-order valence-electron chi connectivity index (χ2n) is 6.85. The fraction of sp³-hybridized carbons (Fsp3) is 0.263. The molecule has 2 aromatic rings. The number of piperazine rings is 1. The third kappa shape index (κ3) is 3.94. The van der Waals surface area contributed by atoms with Gasteiger partial charge in [-0.2, -0.15) is 4.31 Å². The first-order valence-corrected chi connectivity index (χ1v) is 10.5. The Morgan fingerprint density at radius 2 is 1.45 bits per heavy atom. The van der Waals surface area contributed by atoms with Gasteiger partial charge in [-0.3, -0.25) is 9.59 Å². The van der Waals surface area contributed by atoms with Crippen LogP contribution >= 0.6 is 0 Å². The van der Waals surface area contributed by atoms with E-state index in [1.807, 2.05) is 4.90 Å². The minimum atomic E-state index is -3.77. The Balaban J connectivity index is 1.51. The lowest BCUT2D eigenvalue weighted by molar-refractivity contribution is -0.123. The number of benzene rings is 2. The maximum Gasteiger partial charge on any atom is 0.243 e. The van der Waals surface area contributed by atoms with Crippen molar-refractivity contribution < 1.29 is 22.4 Å². The second kappa shape index (κ2) is 7.45. The van der Waals surface area contributed by atoms with Gasteiger partial charge in [-0.25, -0.2) is 12.8 Å². The van der Waals surface area contributed by atoms with Crippen LogP contribution in [0.2, 0.25) is 0 Å². The van der Waals surface area contributed by atoms with Crippen LogP contribution in [0.5, 0.6) is 0 Å². The Labute approximate surface area is 167 Å². The number of halogens is 1. The van der Waals surface area contributed by atoms with Crippen molar-refractivity contribution in [2.75, 3.05) is 41.7 Å². The molecule has 2 aromatic carbocycles. The van der Waals surface area contributed by atoms with Gasteiger partial charge in [0.1, 0.15) is 12.2 Å². The average molecular weight is 418 g/mol. The summed E-state index contributed by atoms with van der Waals surface area (Å²) in [6.07, 6.45) is -0.317. The van der Waals surface area contributed by atoms with Gasteiger partial charge in [0.25, 0.3) is 0 Å². The van der Waals surface area contributed by atoms with Crippen molar-refractivity contribution in [3.63, 3.8) is 0 Å². The van der Waals surface area contributed by atoms with Crippen molar-refractivity contribution >= 4 is 38.9 Å². The van der Waals surface area contributed by atoms with Crippen LogP contribution in [0.4, 0.5) is 21.5 Å². The zero-order valence-corrected chi connectivity index (χ0v) is 16.2. The van der Waals surface area contributed by atoms with Gasteiger partial charge in [-0.15, -0.1) is 0 Å². The van der Waals surface area contributed by atoms with Gasteiger partial charge in [0, 0.05) is 31.9 Å². The van der Waals surface area contributed by atoms with Crippen molar-refractivity contribution in [1.29, 1.82) is 0 Å². The SMILES string of the molecule is O=C1CC(=O)Nc2cc(S(=O)(=O)N3CCN(c4ccc(F)cc4)CC3)ccc2N1. The lowest BCUT2D eigenvalue weighted by Gasteiger charge is -2.35. The molecule has 10 heteroatoms. The fourth-order valence-electron chi connectivity index (χ4n) is 3.42. The number of hydrogen-bond donors (Lipinski definition) is 2. The molecule has 0 radical (unpaired) electrons. The lowest BCUT2D eigenvalue weighted by Crippen LogP contribution is -2.48. The molecule has 2 N–H and O–H groups in total. The Morgan fingerprint density at radius 3 is 2.10 bits per heavy atom. The van der Waals surface area contributed by atoms with Crippen LogP contribution in [-0.4, -0.2) is 50.7 Å². The van der Waals surface area contributed by atoms with E-state index < -0.39 is 21.8 Å². The maximum atomic E-state index is 13.1. The third-order valence-electron chi connectivity index (χ3n) is 4.93. The van der Waals surface area contributed by atoms with Crippen LogP contribution in [0.25, 0.3) is 0 Å². The van der Waals surface area contributed by atoms with Crippen molar-refractivity contribution in [3.05, 3.63) is 48.3 Å². The molecule has 29 heavy (non-hydrogen) atoms. The molecule has 0 unspecified atom stereocenters. The second-order valence-corrected chi connectivity index (χ2v) is 8.79. The summed E-state index contributed by atoms with van der Waals surface area (Å²) >= 11 is 0. The molecular weight excluding hydrogens is 399 g/mol. The van der Waals surface area contributed by atoms with E-state index in [-0.39, 0.29) is 35.9 Å². The normalized spacial score (nSPS) is 17.9. The molecule has 2 amide bonds. The fourth-order valence-corrected chi connectivity index (χ4v) is 4.87. The lowest BCUT2D eigenvalue weighted by atomic mass is 10.2. The predicted octanol–water partition coefficient (Wildman–Crippen LogP) is 1.62. The number of amides is 2. The monoisotopic (exact) mass is 418 g/mol. The van der Waals surface area contributed by atoms with E-state index in [9.17, 15) is 22.4 Å².